The molecule has 0 N–H and O–H groups in total. The van der Waals surface area contributed by atoms with Gasteiger partial charge in [-0.05, 0) is 182 Å². The highest BCUT2D eigenvalue weighted by Crippen LogP contribution is 2.59. The predicted octanol–water partition coefficient (Wildman–Crippen LogP) is 14.4. The lowest BCUT2D eigenvalue weighted by Gasteiger charge is -2.24. The van der Waals surface area contributed by atoms with Crippen molar-refractivity contribution in [3.05, 3.63) is 168 Å². The lowest BCUT2D eigenvalue weighted by atomic mass is 9.79. The maximum Gasteiger partial charge on any atom is 0.0991 e. The van der Waals surface area contributed by atoms with Gasteiger partial charge in [-0.2, -0.15) is 10.5 Å². The molecule has 2 heteroatoms. The van der Waals surface area contributed by atoms with Gasteiger partial charge in [0, 0.05) is 0 Å². The van der Waals surface area contributed by atoms with Gasteiger partial charge >= 0.3 is 0 Å². The Bertz CT molecular complexity index is 3560. The molecule has 2 aliphatic rings. The van der Waals surface area contributed by atoms with Gasteiger partial charge in [0.05, 0.1) is 23.3 Å². The van der Waals surface area contributed by atoms with Crippen molar-refractivity contribution in [3.63, 3.8) is 0 Å². The molecular formula is C54H30N2. The minimum absolute atomic E-state index is 0.656. The first kappa shape index (κ1) is 30.9. The van der Waals surface area contributed by atoms with Crippen LogP contribution in [0.5, 0.6) is 0 Å². The van der Waals surface area contributed by atoms with Crippen molar-refractivity contribution in [3.8, 4) is 78.9 Å². The summed E-state index contributed by atoms with van der Waals surface area (Å²) in [5.41, 5.74) is 18.2. The molecule has 2 nitrogen and oxygen atoms in total. The zero-order chi connectivity index (χ0) is 37.4. The van der Waals surface area contributed by atoms with Gasteiger partial charge in [-0.1, -0.05) is 109 Å². The van der Waals surface area contributed by atoms with E-state index in [1.165, 1.54) is 109 Å². The Balaban J connectivity index is 1.29. The summed E-state index contributed by atoms with van der Waals surface area (Å²) >= 11 is 0. The molecule has 0 aliphatic heterocycles. The molecule has 256 valence electrons. The highest BCUT2D eigenvalue weighted by molar-refractivity contribution is 6.33. The van der Waals surface area contributed by atoms with Gasteiger partial charge in [-0.3, -0.25) is 0 Å². The zero-order valence-electron chi connectivity index (χ0n) is 30.8. The van der Waals surface area contributed by atoms with Crippen LogP contribution in [0.25, 0.3) is 121 Å². The summed E-state index contributed by atoms with van der Waals surface area (Å²) in [5.74, 6) is 0. The van der Waals surface area contributed by atoms with Crippen molar-refractivity contribution < 1.29 is 0 Å². The molecule has 0 bridgehead atoms. The van der Waals surface area contributed by atoms with Gasteiger partial charge in [0.15, 0.2) is 0 Å². The first-order chi connectivity index (χ1) is 27.5. The minimum Gasteiger partial charge on any atom is -0.192 e. The molecule has 0 aromatic heterocycles. The fraction of sp³-hybridized carbons (Fsp3) is 0.0370. The van der Waals surface area contributed by atoms with E-state index in [0.717, 1.165) is 22.3 Å². The lowest BCUT2D eigenvalue weighted by Crippen LogP contribution is -1.97. The van der Waals surface area contributed by atoms with E-state index in [1.807, 2.05) is 24.3 Å². The number of nitrogens with zero attached hydrogens (tertiary/aromatic N) is 2. The molecule has 10 aromatic rings. The number of hydrogen-bond acceptors (Lipinski definition) is 2. The maximum absolute atomic E-state index is 9.94. The van der Waals surface area contributed by atoms with E-state index in [1.54, 1.807) is 0 Å². The van der Waals surface area contributed by atoms with Crippen LogP contribution >= 0.6 is 0 Å². The molecule has 0 amide bonds. The van der Waals surface area contributed by atoms with Crippen LogP contribution in [0.2, 0.25) is 0 Å². The highest BCUT2D eigenvalue weighted by Gasteiger charge is 2.32. The van der Waals surface area contributed by atoms with Crippen LogP contribution in [0, 0.1) is 36.5 Å². The van der Waals surface area contributed by atoms with Crippen LogP contribution in [0.1, 0.15) is 22.3 Å². The third kappa shape index (κ3) is 3.93. The Morgan fingerprint density at radius 3 is 1.41 bits per heavy atom. The molecule has 0 fully saturated rings. The molecular weight excluding hydrogens is 677 g/mol. The molecule has 0 spiro atoms. The summed E-state index contributed by atoms with van der Waals surface area (Å²) in [7, 11) is 0. The number of hydrogen-bond donors (Lipinski definition) is 0. The normalized spacial score (nSPS) is 12.1. The Labute approximate surface area is 323 Å². The molecule has 0 unspecified atom stereocenters. The van der Waals surface area contributed by atoms with Crippen LogP contribution < -0.4 is 0 Å². The second kappa shape index (κ2) is 11.0. The number of nitriles is 2. The molecule has 0 atom stereocenters. The van der Waals surface area contributed by atoms with Gasteiger partial charge in [0.1, 0.15) is 0 Å². The fourth-order valence-corrected chi connectivity index (χ4v) is 10.3. The average Bonchev–Trinajstić information content (AvgIpc) is 3.73. The molecule has 0 radical (unpaired) electrons. The van der Waals surface area contributed by atoms with E-state index >= 15 is 0 Å². The summed E-state index contributed by atoms with van der Waals surface area (Å²) in [6.07, 6.45) is 0. The number of benzene rings is 10. The van der Waals surface area contributed by atoms with E-state index in [4.69, 9.17) is 0 Å². The fourth-order valence-electron chi connectivity index (χ4n) is 10.3. The van der Waals surface area contributed by atoms with Crippen molar-refractivity contribution >= 4 is 53.9 Å². The van der Waals surface area contributed by atoms with Crippen molar-refractivity contribution in [2.45, 2.75) is 13.8 Å². The Kier molecular flexibility index (Phi) is 6.08. The molecule has 10 aromatic carbocycles. The Morgan fingerprint density at radius 1 is 0.321 bits per heavy atom. The van der Waals surface area contributed by atoms with Gasteiger partial charge in [0.25, 0.3) is 0 Å². The third-order valence-corrected chi connectivity index (χ3v) is 12.6. The first-order valence-corrected chi connectivity index (χ1v) is 19.1. The molecule has 0 saturated heterocycles. The third-order valence-electron chi connectivity index (χ3n) is 12.6. The van der Waals surface area contributed by atoms with E-state index < -0.39 is 0 Å². The summed E-state index contributed by atoms with van der Waals surface area (Å²) in [4.78, 5) is 0. The van der Waals surface area contributed by atoms with Crippen molar-refractivity contribution in [2.24, 2.45) is 0 Å². The van der Waals surface area contributed by atoms with Crippen LogP contribution in [-0.2, 0) is 0 Å². The van der Waals surface area contributed by atoms with Crippen molar-refractivity contribution in [1.29, 1.82) is 10.5 Å². The standard InChI is InChI=1S/C54H30N2/c1-29-23-31(27-55)15-18-36(29)50-44-22-21-38-41(20-17-35-25-46-39-11-3-7-33-8-4-12-40(48(33)39)47(46)26-45(35)38)51(44)52(37-19-16-32(28-56)24-30(37)2)54-43-14-6-10-34-9-5-13-42(49(34)43)53(50)54/h3-26H,1-2H3. The van der Waals surface area contributed by atoms with Gasteiger partial charge in [0.2, 0.25) is 0 Å². The summed E-state index contributed by atoms with van der Waals surface area (Å²) in [6.45, 7) is 4.27. The van der Waals surface area contributed by atoms with Gasteiger partial charge in [-0.25, -0.2) is 0 Å². The number of aryl methyl sites for hydroxylation is 2. The molecule has 0 heterocycles. The lowest BCUT2D eigenvalue weighted by molar-refractivity contribution is 1.41. The Morgan fingerprint density at radius 2 is 0.821 bits per heavy atom. The molecule has 56 heavy (non-hydrogen) atoms. The second-order valence-corrected chi connectivity index (χ2v) is 15.5. The van der Waals surface area contributed by atoms with Crippen LogP contribution in [0.4, 0.5) is 0 Å². The summed E-state index contributed by atoms with van der Waals surface area (Å²) in [6, 6.07) is 57.8. The Hall–Kier alpha value is -7.52. The van der Waals surface area contributed by atoms with Gasteiger partial charge in [-0.15, -0.1) is 0 Å². The van der Waals surface area contributed by atoms with Crippen LogP contribution in [0.3, 0.4) is 0 Å². The van der Waals surface area contributed by atoms with Gasteiger partial charge < -0.3 is 0 Å². The number of rotatable bonds is 2. The topological polar surface area (TPSA) is 47.6 Å². The maximum atomic E-state index is 9.94. The largest absolute Gasteiger partial charge is 0.192 e. The van der Waals surface area contributed by atoms with E-state index in [-0.39, 0.29) is 0 Å². The van der Waals surface area contributed by atoms with Crippen molar-refractivity contribution in [2.75, 3.05) is 0 Å². The zero-order valence-corrected chi connectivity index (χ0v) is 30.8. The molecule has 12 rings (SSSR count). The quantitative estimate of drug-likeness (QED) is 0.168. The summed E-state index contributed by atoms with van der Waals surface area (Å²) < 4.78 is 0. The number of fused-ring (bicyclic) bond motifs is 11. The van der Waals surface area contributed by atoms with E-state index in [9.17, 15) is 10.5 Å². The minimum atomic E-state index is 0.656. The second-order valence-electron chi connectivity index (χ2n) is 15.5. The molecule has 0 saturated carbocycles. The van der Waals surface area contributed by atoms with E-state index in [0.29, 0.717) is 11.1 Å². The van der Waals surface area contributed by atoms with E-state index in [2.05, 4.69) is 147 Å². The molecule has 2 aliphatic carbocycles. The van der Waals surface area contributed by atoms with Crippen LogP contribution in [-0.4, -0.2) is 0 Å². The monoisotopic (exact) mass is 706 g/mol. The van der Waals surface area contributed by atoms with Crippen LogP contribution in [0.15, 0.2) is 146 Å². The highest BCUT2D eigenvalue weighted by atomic mass is 14.3. The summed E-state index contributed by atoms with van der Waals surface area (Å²) in [5, 5.41) is 32.1. The van der Waals surface area contributed by atoms with Crippen molar-refractivity contribution in [1.82, 2.24) is 0 Å². The first-order valence-electron chi connectivity index (χ1n) is 19.1. The average molecular weight is 707 g/mol. The SMILES string of the molecule is Cc1cc(C#N)ccc1-c1c2c(c(-c3ccc(C#N)cc3C)c3c1ccc1c4cc5c(cc4ccc13)-c1cccc3cccc-5c13)-c1cccc3cccc-2c13. The smallest absolute Gasteiger partial charge is 0.0991 e. The predicted molar refractivity (Wildman–Crippen MR) is 233 cm³/mol.